The number of aryl methyl sites for hydroxylation is 1. The van der Waals surface area contributed by atoms with Crippen LogP contribution in [0.3, 0.4) is 0 Å². The molecule has 0 saturated heterocycles. The van der Waals surface area contributed by atoms with Crippen molar-refractivity contribution in [2.75, 3.05) is 11.9 Å². The van der Waals surface area contributed by atoms with Gasteiger partial charge in [0.05, 0.1) is 12.8 Å². The van der Waals surface area contributed by atoms with E-state index in [4.69, 9.17) is 17.0 Å². The highest BCUT2D eigenvalue weighted by Crippen LogP contribution is 2.26. The lowest BCUT2D eigenvalue weighted by molar-refractivity contribution is 0.318. The monoisotopic (exact) mass is 343 g/mol. The smallest absolute Gasteiger partial charge is 0.191 e. The normalized spacial score (nSPS) is 10.6. The van der Waals surface area contributed by atoms with Gasteiger partial charge >= 0.3 is 0 Å². The van der Waals surface area contributed by atoms with E-state index in [1.807, 2.05) is 26.0 Å². The lowest BCUT2D eigenvalue weighted by Crippen LogP contribution is -2.24. The number of aromatic hydroxyl groups is 1. The molecule has 24 heavy (non-hydrogen) atoms. The molecule has 0 radical (unpaired) electrons. The number of nitrogens with one attached hydrogen (secondary N) is 2. The van der Waals surface area contributed by atoms with Crippen molar-refractivity contribution in [1.82, 2.24) is 5.43 Å². The summed E-state index contributed by atoms with van der Waals surface area (Å²) in [6.45, 7) is 6.43. The van der Waals surface area contributed by atoms with Crippen molar-refractivity contribution in [1.29, 1.82) is 0 Å². The third-order valence-corrected chi connectivity index (χ3v) is 3.71. The first kappa shape index (κ1) is 17.7. The van der Waals surface area contributed by atoms with Crippen molar-refractivity contribution >= 4 is 29.2 Å². The Balaban J connectivity index is 1.97. The molecule has 0 atom stereocenters. The highest BCUT2D eigenvalue weighted by Gasteiger charge is 2.03. The Labute approximate surface area is 147 Å². The van der Waals surface area contributed by atoms with E-state index < -0.39 is 0 Å². The number of hydrogen-bond donors (Lipinski definition) is 3. The summed E-state index contributed by atoms with van der Waals surface area (Å²) in [4.78, 5) is 0. The fraction of sp³-hybridized carbons (Fsp3) is 0.222. The summed E-state index contributed by atoms with van der Waals surface area (Å²) < 4.78 is 5.34. The summed E-state index contributed by atoms with van der Waals surface area (Å²) in [6.07, 6.45) is 1.61. The van der Waals surface area contributed by atoms with Crippen LogP contribution in [0.5, 0.6) is 11.5 Å². The van der Waals surface area contributed by atoms with Crippen LogP contribution in [0.25, 0.3) is 0 Å². The summed E-state index contributed by atoms with van der Waals surface area (Å²) >= 11 is 5.24. The Kier molecular flexibility index (Phi) is 6.14. The number of nitrogens with zero attached hydrogens (tertiary/aromatic N) is 1. The molecule has 0 aliphatic carbocycles. The Hall–Kier alpha value is -2.60. The molecule has 0 amide bonds. The van der Waals surface area contributed by atoms with Crippen LogP contribution >= 0.6 is 12.2 Å². The lowest BCUT2D eigenvalue weighted by atomic mass is 10.1. The first-order valence-corrected chi connectivity index (χ1v) is 8.04. The third kappa shape index (κ3) is 4.70. The molecular formula is C18H21N3O2S. The number of thiocarbonyl (C=S) groups is 1. The number of benzene rings is 2. The maximum absolute atomic E-state index is 9.68. The van der Waals surface area contributed by atoms with Crippen LogP contribution in [0, 0.1) is 13.8 Å². The zero-order valence-electron chi connectivity index (χ0n) is 14.0. The Morgan fingerprint density at radius 1 is 1.29 bits per heavy atom. The van der Waals surface area contributed by atoms with E-state index >= 15 is 0 Å². The summed E-state index contributed by atoms with van der Waals surface area (Å²) in [5.41, 5.74) is 6.86. The number of rotatable bonds is 5. The van der Waals surface area contributed by atoms with Gasteiger partial charge in [-0.25, -0.2) is 0 Å². The first-order valence-electron chi connectivity index (χ1n) is 7.63. The quantitative estimate of drug-likeness (QED) is 0.439. The zero-order valence-corrected chi connectivity index (χ0v) is 14.8. The number of anilines is 1. The molecule has 0 unspecified atom stereocenters. The van der Waals surface area contributed by atoms with Crippen LogP contribution in [0.15, 0.2) is 41.5 Å². The minimum absolute atomic E-state index is 0.106. The maximum Gasteiger partial charge on any atom is 0.191 e. The van der Waals surface area contributed by atoms with Crippen molar-refractivity contribution in [2.24, 2.45) is 5.10 Å². The van der Waals surface area contributed by atoms with Gasteiger partial charge in [0.1, 0.15) is 0 Å². The summed E-state index contributed by atoms with van der Waals surface area (Å²) in [6, 6.07) is 11.0. The van der Waals surface area contributed by atoms with Gasteiger partial charge in [0.2, 0.25) is 0 Å². The van der Waals surface area contributed by atoms with Crippen molar-refractivity contribution in [2.45, 2.75) is 20.8 Å². The summed E-state index contributed by atoms with van der Waals surface area (Å²) in [5, 5.41) is 17.3. The predicted molar refractivity (Wildman–Crippen MR) is 102 cm³/mol. The Morgan fingerprint density at radius 2 is 2.08 bits per heavy atom. The van der Waals surface area contributed by atoms with Crippen molar-refractivity contribution in [3.8, 4) is 11.5 Å². The standard InChI is InChI=1S/C18H21N3O2S/c1-4-23-17-10-14(8-9-16(17)22)11-19-21-18(24)20-15-7-5-6-12(2)13(15)3/h5-11,22H,4H2,1-3H3,(H2,20,21,24). The molecule has 0 bridgehead atoms. The van der Waals surface area contributed by atoms with E-state index in [9.17, 15) is 5.11 Å². The van der Waals surface area contributed by atoms with Gasteiger partial charge in [-0.1, -0.05) is 12.1 Å². The number of ether oxygens (including phenoxy) is 1. The number of hydrogen-bond acceptors (Lipinski definition) is 4. The first-order chi connectivity index (χ1) is 11.5. The fourth-order valence-corrected chi connectivity index (χ4v) is 2.25. The molecule has 6 heteroatoms. The highest BCUT2D eigenvalue weighted by atomic mass is 32.1. The fourth-order valence-electron chi connectivity index (χ4n) is 2.08. The average molecular weight is 343 g/mol. The second-order valence-corrected chi connectivity index (χ2v) is 5.64. The highest BCUT2D eigenvalue weighted by molar-refractivity contribution is 7.80. The van der Waals surface area contributed by atoms with E-state index in [1.165, 1.54) is 5.56 Å². The lowest BCUT2D eigenvalue weighted by Gasteiger charge is -2.11. The minimum Gasteiger partial charge on any atom is -0.504 e. The number of hydrazone groups is 1. The van der Waals surface area contributed by atoms with Gasteiger partial charge in [-0.15, -0.1) is 0 Å². The molecule has 0 fully saturated rings. The Bertz CT molecular complexity index is 760. The molecule has 126 valence electrons. The van der Waals surface area contributed by atoms with Crippen LogP contribution in [-0.4, -0.2) is 23.0 Å². The second-order valence-electron chi connectivity index (χ2n) is 5.23. The molecule has 2 aromatic rings. The van der Waals surface area contributed by atoms with Gasteiger partial charge in [-0.3, -0.25) is 5.43 Å². The molecule has 3 N–H and O–H groups in total. The number of phenols is 1. The maximum atomic E-state index is 9.68. The van der Waals surface area contributed by atoms with Gasteiger partial charge in [0.25, 0.3) is 0 Å². The van der Waals surface area contributed by atoms with E-state index in [-0.39, 0.29) is 5.75 Å². The average Bonchev–Trinajstić information content (AvgIpc) is 2.55. The molecule has 2 rings (SSSR count). The molecule has 5 nitrogen and oxygen atoms in total. The predicted octanol–water partition coefficient (Wildman–Crippen LogP) is 3.73. The second kappa shape index (κ2) is 8.31. The molecule has 0 aliphatic rings. The van der Waals surface area contributed by atoms with Crippen LogP contribution in [0.2, 0.25) is 0 Å². The van der Waals surface area contributed by atoms with Crippen LogP contribution < -0.4 is 15.5 Å². The molecule has 0 heterocycles. The van der Waals surface area contributed by atoms with Gasteiger partial charge in [-0.2, -0.15) is 5.10 Å². The van der Waals surface area contributed by atoms with E-state index in [1.54, 1.807) is 24.4 Å². The van der Waals surface area contributed by atoms with Crippen molar-refractivity contribution in [3.63, 3.8) is 0 Å². The Morgan fingerprint density at radius 3 is 2.83 bits per heavy atom. The summed E-state index contributed by atoms with van der Waals surface area (Å²) in [7, 11) is 0. The van der Waals surface area contributed by atoms with Crippen LogP contribution in [0.4, 0.5) is 5.69 Å². The van der Waals surface area contributed by atoms with Crippen LogP contribution in [-0.2, 0) is 0 Å². The van der Waals surface area contributed by atoms with E-state index in [2.05, 4.69) is 28.8 Å². The van der Waals surface area contributed by atoms with Gasteiger partial charge in [0, 0.05) is 5.69 Å². The summed E-state index contributed by atoms with van der Waals surface area (Å²) in [5.74, 6) is 0.534. The van der Waals surface area contributed by atoms with Crippen molar-refractivity contribution in [3.05, 3.63) is 53.1 Å². The van der Waals surface area contributed by atoms with Gasteiger partial charge < -0.3 is 15.2 Å². The van der Waals surface area contributed by atoms with Crippen molar-refractivity contribution < 1.29 is 9.84 Å². The SMILES string of the molecule is CCOc1cc(C=NNC(=S)Nc2cccc(C)c2C)ccc1O. The third-order valence-electron chi connectivity index (χ3n) is 3.52. The molecule has 0 spiro atoms. The van der Waals surface area contributed by atoms with E-state index in [0.29, 0.717) is 17.5 Å². The molecule has 0 saturated carbocycles. The van der Waals surface area contributed by atoms with Crippen LogP contribution in [0.1, 0.15) is 23.6 Å². The van der Waals surface area contributed by atoms with Gasteiger partial charge in [-0.05, 0) is 73.9 Å². The molecule has 2 aromatic carbocycles. The topological polar surface area (TPSA) is 65.9 Å². The number of phenolic OH excluding ortho intramolecular Hbond substituents is 1. The minimum atomic E-state index is 0.106. The van der Waals surface area contributed by atoms with Gasteiger partial charge in [0.15, 0.2) is 16.6 Å². The zero-order chi connectivity index (χ0) is 17.5. The molecular weight excluding hydrogens is 322 g/mol. The molecule has 0 aromatic heterocycles. The molecule has 0 aliphatic heterocycles. The largest absolute Gasteiger partial charge is 0.504 e. The van der Waals surface area contributed by atoms with E-state index in [0.717, 1.165) is 16.8 Å².